The molecule has 0 amide bonds. The maximum Gasteiger partial charge on any atom is 0.283 e. The summed E-state index contributed by atoms with van der Waals surface area (Å²) in [6.07, 6.45) is 1.31. The highest BCUT2D eigenvalue weighted by atomic mass is 19.1. The van der Waals surface area contributed by atoms with Gasteiger partial charge in [-0.05, 0) is 24.6 Å². The maximum absolute atomic E-state index is 13.4. The number of aromatic nitrogens is 7. The van der Waals surface area contributed by atoms with Crippen molar-refractivity contribution < 1.29 is 13.3 Å². The van der Waals surface area contributed by atoms with Crippen molar-refractivity contribution in [1.29, 1.82) is 0 Å². The van der Waals surface area contributed by atoms with Gasteiger partial charge in [-0.2, -0.15) is 4.98 Å². The van der Waals surface area contributed by atoms with Crippen molar-refractivity contribution in [3.8, 4) is 11.4 Å². The average molecular weight is 435 g/mol. The highest BCUT2D eigenvalue weighted by Crippen LogP contribution is 2.17. The van der Waals surface area contributed by atoms with E-state index in [2.05, 4.69) is 25.4 Å². The minimum Gasteiger partial charge on any atom is -0.337 e. The molecule has 0 spiro atoms. The number of aryl methyl sites for hydroxylation is 1. The summed E-state index contributed by atoms with van der Waals surface area (Å²) in [5.41, 5.74) is 1.99. The van der Waals surface area contributed by atoms with Gasteiger partial charge in [0.25, 0.3) is 5.56 Å². The van der Waals surface area contributed by atoms with Crippen LogP contribution in [0.5, 0.6) is 0 Å². The molecular weight excluding hydrogens is 420 g/mol. The standard InChI is InChI=1S/C21H15F2N7O2/c1-12-2-4-14(5-3-12)19-25-17(32-27-19)10-29-11-24-20-18(21(29)31)26-28-30(20)9-13-6-15(22)8-16(23)7-13/h2-8,11H,9-10H2,1H3. The Morgan fingerprint density at radius 3 is 2.53 bits per heavy atom. The summed E-state index contributed by atoms with van der Waals surface area (Å²) in [5, 5.41) is 11.7. The molecule has 0 bridgehead atoms. The Bertz CT molecular complexity index is 1470. The topological polar surface area (TPSA) is 105 Å². The second-order valence-electron chi connectivity index (χ2n) is 7.25. The second-order valence-corrected chi connectivity index (χ2v) is 7.25. The van der Waals surface area contributed by atoms with Crippen LogP contribution in [-0.2, 0) is 13.1 Å². The molecule has 5 aromatic rings. The van der Waals surface area contributed by atoms with Gasteiger partial charge in [-0.1, -0.05) is 40.2 Å². The third-order valence-electron chi connectivity index (χ3n) is 4.83. The van der Waals surface area contributed by atoms with Crippen LogP contribution in [0, 0.1) is 18.6 Å². The van der Waals surface area contributed by atoms with Crippen LogP contribution in [0.2, 0.25) is 0 Å². The van der Waals surface area contributed by atoms with Crippen molar-refractivity contribution >= 4 is 11.2 Å². The highest BCUT2D eigenvalue weighted by molar-refractivity contribution is 5.67. The molecule has 0 unspecified atom stereocenters. The molecular formula is C21H15F2N7O2. The SMILES string of the molecule is Cc1ccc(-c2noc(Cn3cnc4c(nnn4Cc4cc(F)cc(F)c4)c3=O)n2)cc1. The molecule has 9 nitrogen and oxygen atoms in total. The average Bonchev–Trinajstić information content (AvgIpc) is 3.38. The van der Waals surface area contributed by atoms with E-state index in [0.29, 0.717) is 11.4 Å². The van der Waals surface area contributed by atoms with E-state index in [1.165, 1.54) is 27.7 Å². The lowest BCUT2D eigenvalue weighted by atomic mass is 10.1. The number of halogens is 2. The van der Waals surface area contributed by atoms with Crippen LogP contribution in [0.1, 0.15) is 17.0 Å². The van der Waals surface area contributed by atoms with Gasteiger partial charge in [-0.3, -0.25) is 9.36 Å². The molecule has 0 radical (unpaired) electrons. The second kappa shape index (κ2) is 7.76. The number of rotatable bonds is 5. The van der Waals surface area contributed by atoms with Crippen LogP contribution in [0.25, 0.3) is 22.6 Å². The normalized spacial score (nSPS) is 11.3. The third-order valence-corrected chi connectivity index (χ3v) is 4.83. The van der Waals surface area contributed by atoms with Crippen molar-refractivity contribution in [1.82, 2.24) is 34.7 Å². The van der Waals surface area contributed by atoms with Gasteiger partial charge in [-0.25, -0.2) is 18.4 Å². The molecule has 3 aromatic heterocycles. The Hall–Kier alpha value is -4.28. The fourth-order valence-electron chi connectivity index (χ4n) is 3.27. The Labute approximate surface area is 179 Å². The van der Waals surface area contributed by atoms with Gasteiger partial charge in [0.05, 0.1) is 6.54 Å². The van der Waals surface area contributed by atoms with E-state index < -0.39 is 17.2 Å². The summed E-state index contributed by atoms with van der Waals surface area (Å²) in [6.45, 7) is 1.99. The van der Waals surface area contributed by atoms with Gasteiger partial charge in [-0.15, -0.1) is 5.10 Å². The van der Waals surface area contributed by atoms with Crippen LogP contribution in [0.4, 0.5) is 8.78 Å². The van der Waals surface area contributed by atoms with Crippen LogP contribution in [-0.4, -0.2) is 34.7 Å². The first kappa shape index (κ1) is 19.7. The quantitative estimate of drug-likeness (QED) is 0.418. The van der Waals surface area contributed by atoms with Gasteiger partial charge in [0.2, 0.25) is 11.7 Å². The van der Waals surface area contributed by atoms with Crippen LogP contribution >= 0.6 is 0 Å². The lowest BCUT2D eigenvalue weighted by molar-refractivity contribution is 0.369. The molecule has 160 valence electrons. The molecule has 2 aromatic carbocycles. The predicted molar refractivity (Wildman–Crippen MR) is 109 cm³/mol. The van der Waals surface area contributed by atoms with Gasteiger partial charge in [0, 0.05) is 11.6 Å². The van der Waals surface area contributed by atoms with Crippen molar-refractivity contribution in [2.45, 2.75) is 20.0 Å². The van der Waals surface area contributed by atoms with E-state index in [9.17, 15) is 13.6 Å². The first-order valence-electron chi connectivity index (χ1n) is 9.59. The fourth-order valence-corrected chi connectivity index (χ4v) is 3.27. The first-order valence-corrected chi connectivity index (χ1v) is 9.59. The van der Waals surface area contributed by atoms with Crippen molar-refractivity contribution in [3.63, 3.8) is 0 Å². The maximum atomic E-state index is 13.4. The van der Waals surface area contributed by atoms with E-state index in [1.807, 2.05) is 31.2 Å². The molecule has 0 atom stereocenters. The lowest BCUT2D eigenvalue weighted by Crippen LogP contribution is -2.21. The molecule has 0 aliphatic carbocycles. The largest absolute Gasteiger partial charge is 0.337 e. The minimum atomic E-state index is -0.704. The summed E-state index contributed by atoms with van der Waals surface area (Å²) >= 11 is 0. The first-order chi connectivity index (χ1) is 15.5. The molecule has 0 N–H and O–H groups in total. The summed E-state index contributed by atoms with van der Waals surface area (Å²) < 4.78 is 34.7. The zero-order valence-electron chi connectivity index (χ0n) is 16.7. The molecule has 3 heterocycles. The number of fused-ring (bicyclic) bond motifs is 1. The van der Waals surface area contributed by atoms with Crippen LogP contribution in [0.3, 0.4) is 0 Å². The van der Waals surface area contributed by atoms with Crippen molar-refractivity contribution in [2.75, 3.05) is 0 Å². The number of nitrogens with zero attached hydrogens (tertiary/aromatic N) is 7. The summed E-state index contributed by atoms with van der Waals surface area (Å²) in [7, 11) is 0. The molecule has 0 saturated carbocycles. The smallest absolute Gasteiger partial charge is 0.283 e. The Morgan fingerprint density at radius 1 is 1.03 bits per heavy atom. The lowest BCUT2D eigenvalue weighted by Gasteiger charge is -2.04. The molecule has 0 fully saturated rings. The van der Waals surface area contributed by atoms with E-state index in [4.69, 9.17) is 4.52 Å². The zero-order chi connectivity index (χ0) is 22.2. The zero-order valence-corrected chi connectivity index (χ0v) is 16.7. The van der Waals surface area contributed by atoms with Crippen LogP contribution in [0.15, 0.2) is 58.1 Å². The highest BCUT2D eigenvalue weighted by Gasteiger charge is 2.15. The van der Waals surface area contributed by atoms with Gasteiger partial charge in [0.15, 0.2) is 11.2 Å². The molecule has 0 aliphatic rings. The van der Waals surface area contributed by atoms with Crippen LogP contribution < -0.4 is 5.56 Å². The molecule has 0 aliphatic heterocycles. The number of hydrogen-bond donors (Lipinski definition) is 0. The Balaban J connectivity index is 1.41. The monoisotopic (exact) mass is 435 g/mol. The predicted octanol–water partition coefficient (Wildman–Crippen LogP) is 2.72. The summed E-state index contributed by atoms with van der Waals surface area (Å²) in [6, 6.07) is 10.8. The number of benzene rings is 2. The molecule has 32 heavy (non-hydrogen) atoms. The van der Waals surface area contributed by atoms with E-state index in [1.54, 1.807) is 0 Å². The molecule has 11 heteroatoms. The third kappa shape index (κ3) is 3.75. The van der Waals surface area contributed by atoms with Crippen molar-refractivity contribution in [2.24, 2.45) is 0 Å². The van der Waals surface area contributed by atoms with Crippen molar-refractivity contribution in [3.05, 3.63) is 87.8 Å². The molecule has 0 saturated heterocycles. The Morgan fingerprint density at radius 2 is 1.78 bits per heavy atom. The van der Waals surface area contributed by atoms with Gasteiger partial charge in [0.1, 0.15) is 24.5 Å². The van der Waals surface area contributed by atoms with E-state index >= 15 is 0 Å². The summed E-state index contributed by atoms with van der Waals surface area (Å²) in [5.74, 6) is -0.768. The minimum absolute atomic E-state index is 0.00258. The number of hydrogen-bond acceptors (Lipinski definition) is 7. The van der Waals surface area contributed by atoms with E-state index in [0.717, 1.165) is 17.2 Å². The van der Waals surface area contributed by atoms with Gasteiger partial charge < -0.3 is 4.52 Å². The van der Waals surface area contributed by atoms with Gasteiger partial charge >= 0.3 is 0 Å². The summed E-state index contributed by atoms with van der Waals surface area (Å²) in [4.78, 5) is 21.4. The Kier molecular flexibility index (Phi) is 4.77. The fraction of sp³-hybridized carbons (Fsp3) is 0.143. The van der Waals surface area contributed by atoms with E-state index in [-0.39, 0.29) is 30.1 Å². The molecule has 5 rings (SSSR count).